The van der Waals surface area contributed by atoms with Crippen molar-refractivity contribution in [2.45, 2.75) is 6.92 Å². The SMILES string of the molecule is Cc1ccc(/C=C/C(=O)O)cc1Oc1cccc(C#N)c1. The van der Waals surface area contributed by atoms with Gasteiger partial charge < -0.3 is 9.84 Å². The molecule has 2 aromatic carbocycles. The average Bonchev–Trinajstić information content (AvgIpc) is 2.48. The van der Waals surface area contributed by atoms with Crippen LogP contribution < -0.4 is 4.74 Å². The Labute approximate surface area is 122 Å². The number of rotatable bonds is 4. The molecule has 0 fully saturated rings. The van der Waals surface area contributed by atoms with E-state index in [9.17, 15) is 4.79 Å². The Morgan fingerprint density at radius 1 is 1.29 bits per heavy atom. The highest BCUT2D eigenvalue weighted by molar-refractivity contribution is 5.85. The summed E-state index contributed by atoms with van der Waals surface area (Å²) < 4.78 is 5.77. The Bertz CT molecular complexity index is 742. The second kappa shape index (κ2) is 6.40. The summed E-state index contributed by atoms with van der Waals surface area (Å²) in [4.78, 5) is 10.5. The number of carboxylic acids is 1. The summed E-state index contributed by atoms with van der Waals surface area (Å²) in [6, 6.07) is 14.3. The Hall–Kier alpha value is -3.06. The van der Waals surface area contributed by atoms with Gasteiger partial charge in [-0.3, -0.25) is 0 Å². The number of hydrogen-bond acceptors (Lipinski definition) is 3. The fraction of sp³-hybridized carbons (Fsp3) is 0.0588. The first kappa shape index (κ1) is 14.4. The van der Waals surface area contributed by atoms with E-state index < -0.39 is 5.97 Å². The van der Waals surface area contributed by atoms with Crippen LogP contribution in [0.4, 0.5) is 0 Å². The molecule has 0 spiro atoms. The van der Waals surface area contributed by atoms with E-state index >= 15 is 0 Å². The van der Waals surface area contributed by atoms with Crippen LogP contribution in [0.1, 0.15) is 16.7 Å². The van der Waals surface area contributed by atoms with E-state index in [4.69, 9.17) is 15.1 Å². The fourth-order valence-corrected chi connectivity index (χ4v) is 1.75. The van der Waals surface area contributed by atoms with Crippen molar-refractivity contribution in [2.24, 2.45) is 0 Å². The highest BCUT2D eigenvalue weighted by Gasteiger charge is 2.03. The van der Waals surface area contributed by atoms with Gasteiger partial charge in [0.2, 0.25) is 0 Å². The van der Waals surface area contributed by atoms with E-state index in [0.29, 0.717) is 17.1 Å². The lowest BCUT2D eigenvalue weighted by Crippen LogP contribution is -1.90. The van der Waals surface area contributed by atoms with Gasteiger partial charge in [-0.15, -0.1) is 0 Å². The molecule has 0 aliphatic rings. The summed E-state index contributed by atoms with van der Waals surface area (Å²) in [7, 11) is 0. The van der Waals surface area contributed by atoms with Crippen LogP contribution in [0.2, 0.25) is 0 Å². The quantitative estimate of drug-likeness (QED) is 0.865. The van der Waals surface area contributed by atoms with E-state index in [2.05, 4.69) is 6.07 Å². The molecule has 2 rings (SSSR count). The molecule has 0 amide bonds. The van der Waals surface area contributed by atoms with E-state index in [1.54, 1.807) is 30.3 Å². The van der Waals surface area contributed by atoms with Crippen LogP contribution in [-0.2, 0) is 4.79 Å². The number of aryl methyl sites for hydroxylation is 1. The number of carbonyl (C=O) groups is 1. The predicted octanol–water partition coefficient (Wildman–Crippen LogP) is 3.76. The van der Waals surface area contributed by atoms with E-state index in [-0.39, 0.29) is 0 Å². The molecule has 0 saturated heterocycles. The van der Waals surface area contributed by atoms with Crippen LogP contribution in [0, 0.1) is 18.3 Å². The van der Waals surface area contributed by atoms with Gasteiger partial charge >= 0.3 is 5.97 Å². The van der Waals surface area contributed by atoms with Crippen LogP contribution in [0.15, 0.2) is 48.5 Å². The third-order valence-corrected chi connectivity index (χ3v) is 2.82. The number of carboxylic acid groups (broad SMARTS) is 1. The molecule has 0 unspecified atom stereocenters. The Balaban J connectivity index is 2.28. The lowest BCUT2D eigenvalue weighted by Gasteiger charge is -2.09. The van der Waals surface area contributed by atoms with Gasteiger partial charge in [0.15, 0.2) is 0 Å². The van der Waals surface area contributed by atoms with Gasteiger partial charge in [-0.1, -0.05) is 18.2 Å². The topological polar surface area (TPSA) is 70.3 Å². The molecule has 0 aliphatic carbocycles. The van der Waals surface area contributed by atoms with Crippen molar-refractivity contribution in [3.8, 4) is 17.6 Å². The summed E-state index contributed by atoms with van der Waals surface area (Å²) in [6.07, 6.45) is 2.57. The van der Waals surface area contributed by atoms with Gasteiger partial charge in [-0.25, -0.2) is 4.79 Å². The van der Waals surface area contributed by atoms with Crippen molar-refractivity contribution in [1.82, 2.24) is 0 Å². The van der Waals surface area contributed by atoms with Crippen LogP contribution in [0.25, 0.3) is 6.08 Å². The monoisotopic (exact) mass is 279 g/mol. The summed E-state index contributed by atoms with van der Waals surface area (Å²) in [5.41, 5.74) is 2.17. The molecule has 0 atom stereocenters. The molecule has 104 valence electrons. The number of ether oxygens (including phenoxy) is 1. The molecule has 0 aromatic heterocycles. The highest BCUT2D eigenvalue weighted by Crippen LogP contribution is 2.27. The van der Waals surface area contributed by atoms with Gasteiger partial charge in [0, 0.05) is 6.08 Å². The van der Waals surface area contributed by atoms with Gasteiger partial charge in [0.1, 0.15) is 11.5 Å². The molecule has 4 heteroatoms. The maximum atomic E-state index is 10.5. The zero-order valence-electron chi connectivity index (χ0n) is 11.4. The molecule has 0 saturated carbocycles. The normalized spacial score (nSPS) is 10.3. The van der Waals surface area contributed by atoms with Gasteiger partial charge in [-0.2, -0.15) is 5.26 Å². The minimum atomic E-state index is -1.00. The van der Waals surface area contributed by atoms with Crippen LogP contribution in [0.5, 0.6) is 11.5 Å². The molecular formula is C17H13NO3. The molecule has 0 heterocycles. The number of nitriles is 1. The average molecular weight is 279 g/mol. The van der Waals surface area contributed by atoms with E-state index in [1.165, 1.54) is 6.08 Å². The largest absolute Gasteiger partial charge is 0.478 e. The summed E-state index contributed by atoms with van der Waals surface area (Å²) >= 11 is 0. The Morgan fingerprint density at radius 3 is 2.81 bits per heavy atom. The molecule has 0 radical (unpaired) electrons. The number of hydrogen-bond donors (Lipinski definition) is 1. The van der Waals surface area contributed by atoms with Gasteiger partial charge in [-0.05, 0) is 48.4 Å². The van der Waals surface area contributed by atoms with E-state index in [1.807, 2.05) is 19.1 Å². The first-order valence-corrected chi connectivity index (χ1v) is 6.28. The summed E-state index contributed by atoms with van der Waals surface area (Å²) in [5.74, 6) is 0.189. The lowest BCUT2D eigenvalue weighted by atomic mass is 10.1. The van der Waals surface area contributed by atoms with Crippen molar-refractivity contribution in [3.05, 3.63) is 65.2 Å². The van der Waals surface area contributed by atoms with Crippen LogP contribution in [0.3, 0.4) is 0 Å². The molecule has 21 heavy (non-hydrogen) atoms. The molecular weight excluding hydrogens is 266 g/mol. The number of aliphatic carboxylic acids is 1. The standard InChI is InChI=1S/C17H13NO3/c1-12-5-6-13(7-8-17(19)20)10-16(12)21-15-4-2-3-14(9-15)11-18/h2-10H,1H3,(H,19,20)/b8-7+. The van der Waals surface area contributed by atoms with Crippen molar-refractivity contribution in [1.29, 1.82) is 5.26 Å². The molecule has 2 aromatic rings. The third-order valence-electron chi connectivity index (χ3n) is 2.82. The third kappa shape index (κ3) is 3.95. The molecule has 0 bridgehead atoms. The first-order valence-electron chi connectivity index (χ1n) is 6.28. The van der Waals surface area contributed by atoms with Crippen molar-refractivity contribution in [3.63, 3.8) is 0 Å². The second-order valence-electron chi connectivity index (χ2n) is 4.44. The summed E-state index contributed by atoms with van der Waals surface area (Å²) in [6.45, 7) is 1.90. The van der Waals surface area contributed by atoms with Crippen molar-refractivity contribution < 1.29 is 14.6 Å². The number of benzene rings is 2. The maximum Gasteiger partial charge on any atom is 0.328 e. The highest BCUT2D eigenvalue weighted by atomic mass is 16.5. The zero-order chi connectivity index (χ0) is 15.2. The van der Waals surface area contributed by atoms with Crippen molar-refractivity contribution in [2.75, 3.05) is 0 Å². The van der Waals surface area contributed by atoms with Crippen molar-refractivity contribution >= 4 is 12.0 Å². The van der Waals surface area contributed by atoms with Crippen LogP contribution in [-0.4, -0.2) is 11.1 Å². The predicted molar refractivity (Wildman–Crippen MR) is 79.1 cm³/mol. The number of nitrogens with zero attached hydrogens (tertiary/aromatic N) is 1. The van der Waals surface area contributed by atoms with Gasteiger partial charge in [0.05, 0.1) is 11.6 Å². The maximum absolute atomic E-state index is 10.5. The first-order chi connectivity index (χ1) is 10.1. The lowest BCUT2D eigenvalue weighted by molar-refractivity contribution is -0.131. The zero-order valence-corrected chi connectivity index (χ0v) is 11.4. The minimum absolute atomic E-state index is 0.520. The van der Waals surface area contributed by atoms with Crippen LogP contribution >= 0.6 is 0 Å². The fourth-order valence-electron chi connectivity index (χ4n) is 1.75. The minimum Gasteiger partial charge on any atom is -0.478 e. The second-order valence-corrected chi connectivity index (χ2v) is 4.44. The summed E-state index contributed by atoms with van der Waals surface area (Å²) in [5, 5.41) is 17.5. The molecule has 1 N–H and O–H groups in total. The van der Waals surface area contributed by atoms with Gasteiger partial charge in [0.25, 0.3) is 0 Å². The molecule has 0 aliphatic heterocycles. The Kier molecular flexibility index (Phi) is 4.37. The van der Waals surface area contributed by atoms with E-state index in [0.717, 1.165) is 17.2 Å². The Morgan fingerprint density at radius 2 is 2.10 bits per heavy atom. The molecule has 4 nitrogen and oxygen atoms in total. The smallest absolute Gasteiger partial charge is 0.328 e.